The molecule has 0 spiro atoms. The van der Waals surface area contributed by atoms with Crippen LogP contribution in [0.5, 0.6) is 0 Å². The zero-order chi connectivity index (χ0) is 14.2. The van der Waals surface area contributed by atoms with Crippen LogP contribution in [-0.2, 0) is 11.2 Å². The summed E-state index contributed by atoms with van der Waals surface area (Å²) in [6.07, 6.45) is 8.61. The van der Waals surface area contributed by atoms with Crippen molar-refractivity contribution < 1.29 is 4.79 Å². The Labute approximate surface area is 120 Å². The van der Waals surface area contributed by atoms with E-state index in [1.807, 2.05) is 42.5 Å². The van der Waals surface area contributed by atoms with Gasteiger partial charge < -0.3 is 0 Å². The van der Waals surface area contributed by atoms with Crippen LogP contribution in [0.15, 0.2) is 66.7 Å². The molecule has 1 heteroatoms. The predicted molar refractivity (Wildman–Crippen MR) is 85.3 cm³/mol. The molecule has 0 aliphatic carbocycles. The van der Waals surface area contributed by atoms with Crippen molar-refractivity contribution in [1.29, 1.82) is 0 Å². The van der Waals surface area contributed by atoms with Gasteiger partial charge in [0, 0.05) is 0 Å². The highest BCUT2D eigenvalue weighted by Gasteiger charge is 1.96. The predicted octanol–water partition coefficient (Wildman–Crippen LogP) is 4.54. The largest absolute Gasteiger partial charge is 0.295 e. The second kappa shape index (κ2) is 7.25. The number of hydrogen-bond acceptors (Lipinski definition) is 1. The first kappa shape index (κ1) is 14.0. The van der Waals surface area contributed by atoms with Crippen LogP contribution >= 0.6 is 0 Å². The Morgan fingerprint density at radius 1 is 0.950 bits per heavy atom. The Kier molecular flexibility index (Phi) is 5.08. The van der Waals surface area contributed by atoms with Crippen LogP contribution in [0.4, 0.5) is 0 Å². The van der Waals surface area contributed by atoms with E-state index in [1.54, 1.807) is 13.0 Å². The van der Waals surface area contributed by atoms with Gasteiger partial charge in [-0.25, -0.2) is 0 Å². The van der Waals surface area contributed by atoms with Crippen LogP contribution in [0.2, 0.25) is 0 Å². The number of allylic oxidation sites excluding steroid dienone is 2. The van der Waals surface area contributed by atoms with E-state index in [9.17, 15) is 4.79 Å². The van der Waals surface area contributed by atoms with Crippen molar-refractivity contribution in [2.75, 3.05) is 0 Å². The minimum atomic E-state index is 0.0691. The molecule has 0 N–H and O–H groups in total. The standard InChI is InChI=1S/C19H18O/c1-16(20)14-15-19-12-6-5-11-18(19)13-7-10-17-8-3-2-4-9-17/h2-12,14-15H,13H2,1H3/b10-7+,15-14+. The SMILES string of the molecule is CC(=O)/C=C/c1ccccc1C/C=C/c1ccccc1. The lowest BCUT2D eigenvalue weighted by Crippen LogP contribution is -1.87. The van der Waals surface area contributed by atoms with Crippen molar-refractivity contribution in [3.05, 3.63) is 83.4 Å². The number of benzene rings is 2. The van der Waals surface area contributed by atoms with Gasteiger partial charge in [-0.2, -0.15) is 0 Å². The van der Waals surface area contributed by atoms with Gasteiger partial charge in [-0.15, -0.1) is 0 Å². The van der Waals surface area contributed by atoms with Gasteiger partial charge in [0.25, 0.3) is 0 Å². The first-order valence-electron chi connectivity index (χ1n) is 6.74. The molecule has 0 atom stereocenters. The van der Waals surface area contributed by atoms with Crippen LogP contribution in [-0.4, -0.2) is 5.78 Å². The molecule has 0 radical (unpaired) electrons. The van der Waals surface area contributed by atoms with E-state index >= 15 is 0 Å². The summed E-state index contributed by atoms with van der Waals surface area (Å²) in [5.74, 6) is 0.0691. The molecule has 0 saturated carbocycles. The third-order valence-electron chi connectivity index (χ3n) is 3.00. The lowest BCUT2D eigenvalue weighted by Gasteiger charge is -2.02. The first-order chi connectivity index (χ1) is 9.75. The van der Waals surface area contributed by atoms with Crippen LogP contribution < -0.4 is 0 Å². The minimum absolute atomic E-state index is 0.0691. The van der Waals surface area contributed by atoms with Gasteiger partial charge in [-0.1, -0.05) is 72.8 Å². The quantitative estimate of drug-likeness (QED) is 0.723. The average molecular weight is 262 g/mol. The number of carbonyl (C=O) groups is 1. The van der Waals surface area contributed by atoms with E-state index in [4.69, 9.17) is 0 Å². The molecule has 100 valence electrons. The van der Waals surface area contributed by atoms with Crippen molar-refractivity contribution in [3.8, 4) is 0 Å². The Balaban J connectivity index is 2.10. The summed E-state index contributed by atoms with van der Waals surface area (Å²) < 4.78 is 0. The second-order valence-corrected chi connectivity index (χ2v) is 4.66. The summed E-state index contributed by atoms with van der Waals surface area (Å²) >= 11 is 0. The fourth-order valence-electron chi connectivity index (χ4n) is 1.98. The molecular formula is C19H18O. The fourth-order valence-corrected chi connectivity index (χ4v) is 1.98. The Morgan fingerprint density at radius 3 is 2.40 bits per heavy atom. The zero-order valence-electron chi connectivity index (χ0n) is 11.6. The van der Waals surface area contributed by atoms with E-state index in [0.29, 0.717) is 0 Å². The van der Waals surface area contributed by atoms with Crippen LogP contribution in [0.3, 0.4) is 0 Å². The first-order valence-corrected chi connectivity index (χ1v) is 6.74. The number of carbonyl (C=O) groups excluding carboxylic acids is 1. The van der Waals surface area contributed by atoms with Gasteiger partial charge in [-0.3, -0.25) is 4.79 Å². The third kappa shape index (κ3) is 4.36. The molecule has 0 heterocycles. The van der Waals surface area contributed by atoms with Gasteiger partial charge in [0.05, 0.1) is 0 Å². The maximum absolute atomic E-state index is 11.0. The lowest BCUT2D eigenvalue weighted by atomic mass is 10.0. The molecule has 2 aromatic carbocycles. The summed E-state index contributed by atoms with van der Waals surface area (Å²) in [5.41, 5.74) is 3.52. The van der Waals surface area contributed by atoms with Gasteiger partial charge in [0.15, 0.2) is 5.78 Å². The van der Waals surface area contributed by atoms with Gasteiger partial charge >= 0.3 is 0 Å². The molecule has 0 bridgehead atoms. The van der Waals surface area contributed by atoms with E-state index in [2.05, 4.69) is 30.4 Å². The number of hydrogen-bond donors (Lipinski definition) is 0. The topological polar surface area (TPSA) is 17.1 Å². The summed E-state index contributed by atoms with van der Waals surface area (Å²) in [6.45, 7) is 1.56. The Bertz CT molecular complexity index is 621. The summed E-state index contributed by atoms with van der Waals surface area (Å²) in [6, 6.07) is 18.4. The zero-order valence-corrected chi connectivity index (χ0v) is 11.6. The average Bonchev–Trinajstić information content (AvgIpc) is 2.47. The maximum atomic E-state index is 11.0. The van der Waals surface area contributed by atoms with E-state index in [0.717, 1.165) is 12.0 Å². The summed E-state index contributed by atoms with van der Waals surface area (Å²) in [7, 11) is 0. The highest BCUT2D eigenvalue weighted by molar-refractivity contribution is 5.91. The fraction of sp³-hybridized carbons (Fsp3) is 0.105. The third-order valence-corrected chi connectivity index (χ3v) is 3.00. The van der Waals surface area contributed by atoms with E-state index in [1.165, 1.54) is 11.1 Å². The van der Waals surface area contributed by atoms with E-state index in [-0.39, 0.29) is 5.78 Å². The molecule has 0 saturated heterocycles. The minimum Gasteiger partial charge on any atom is -0.295 e. The van der Waals surface area contributed by atoms with Crippen LogP contribution in [0, 0.1) is 0 Å². The van der Waals surface area contributed by atoms with Crippen LogP contribution in [0.25, 0.3) is 12.2 Å². The molecular weight excluding hydrogens is 244 g/mol. The summed E-state index contributed by atoms with van der Waals surface area (Å²) in [5, 5.41) is 0. The summed E-state index contributed by atoms with van der Waals surface area (Å²) in [4.78, 5) is 11.0. The second-order valence-electron chi connectivity index (χ2n) is 4.66. The molecule has 0 aliphatic heterocycles. The number of rotatable bonds is 5. The molecule has 0 fully saturated rings. The number of ketones is 1. The molecule has 0 amide bonds. The van der Waals surface area contributed by atoms with Crippen molar-refractivity contribution in [3.63, 3.8) is 0 Å². The molecule has 2 aromatic rings. The van der Waals surface area contributed by atoms with Crippen molar-refractivity contribution >= 4 is 17.9 Å². The Hall–Kier alpha value is -2.41. The maximum Gasteiger partial charge on any atom is 0.152 e. The van der Waals surface area contributed by atoms with Crippen molar-refractivity contribution in [2.45, 2.75) is 13.3 Å². The smallest absolute Gasteiger partial charge is 0.152 e. The Morgan fingerprint density at radius 2 is 1.65 bits per heavy atom. The van der Waals surface area contributed by atoms with Gasteiger partial charge in [0.1, 0.15) is 0 Å². The highest BCUT2D eigenvalue weighted by atomic mass is 16.1. The molecule has 20 heavy (non-hydrogen) atoms. The molecule has 0 aliphatic rings. The van der Waals surface area contributed by atoms with Gasteiger partial charge in [-0.05, 0) is 36.1 Å². The van der Waals surface area contributed by atoms with Gasteiger partial charge in [0.2, 0.25) is 0 Å². The normalized spacial score (nSPS) is 11.2. The van der Waals surface area contributed by atoms with Crippen molar-refractivity contribution in [1.82, 2.24) is 0 Å². The van der Waals surface area contributed by atoms with E-state index < -0.39 is 0 Å². The molecule has 0 aromatic heterocycles. The van der Waals surface area contributed by atoms with Crippen molar-refractivity contribution in [2.24, 2.45) is 0 Å². The lowest BCUT2D eigenvalue weighted by molar-refractivity contribution is -0.112. The van der Waals surface area contributed by atoms with Crippen LogP contribution in [0.1, 0.15) is 23.6 Å². The monoisotopic (exact) mass is 262 g/mol. The molecule has 0 unspecified atom stereocenters. The highest BCUT2D eigenvalue weighted by Crippen LogP contribution is 2.13. The molecule has 2 rings (SSSR count). The molecule has 1 nitrogen and oxygen atoms in total.